The van der Waals surface area contributed by atoms with Crippen molar-refractivity contribution in [2.75, 3.05) is 18.4 Å². The van der Waals surface area contributed by atoms with Crippen molar-refractivity contribution in [2.24, 2.45) is 11.8 Å². The van der Waals surface area contributed by atoms with Crippen LogP contribution in [-0.2, 0) is 4.79 Å². The van der Waals surface area contributed by atoms with Gasteiger partial charge in [0.15, 0.2) is 5.75 Å². The lowest BCUT2D eigenvalue weighted by atomic mass is 9.97. The molecule has 1 heterocycles. The molecule has 17 heavy (non-hydrogen) atoms. The summed E-state index contributed by atoms with van der Waals surface area (Å²) < 4.78 is 0.577. The maximum absolute atomic E-state index is 12.0. The first-order valence-corrected chi connectivity index (χ1v) is 6.38. The Morgan fingerprint density at radius 2 is 2.29 bits per heavy atom. The van der Waals surface area contributed by atoms with Crippen molar-refractivity contribution in [3.63, 3.8) is 0 Å². The highest BCUT2D eigenvalue weighted by molar-refractivity contribution is 9.10. The summed E-state index contributed by atoms with van der Waals surface area (Å²) in [4.78, 5) is 12.0. The highest BCUT2D eigenvalue weighted by Gasteiger charge is 2.29. The Bertz CT molecular complexity index is 437. The molecule has 2 rings (SSSR count). The van der Waals surface area contributed by atoms with Gasteiger partial charge in [-0.2, -0.15) is 0 Å². The van der Waals surface area contributed by atoms with Crippen LogP contribution in [-0.4, -0.2) is 24.1 Å². The number of carbonyl (C=O) groups excluding carboxylic acids is 1. The quantitative estimate of drug-likeness (QED) is 0.732. The molecule has 2 unspecified atom stereocenters. The SMILES string of the molecule is CC1CNCC1C(=O)Nc1cccc(Br)c1O. The van der Waals surface area contributed by atoms with Crippen LogP contribution in [0.2, 0.25) is 0 Å². The van der Waals surface area contributed by atoms with Crippen LogP contribution in [0, 0.1) is 11.8 Å². The van der Waals surface area contributed by atoms with E-state index in [4.69, 9.17) is 0 Å². The third-order valence-corrected chi connectivity index (χ3v) is 3.74. The summed E-state index contributed by atoms with van der Waals surface area (Å²) in [5.41, 5.74) is 0.448. The van der Waals surface area contributed by atoms with Crippen LogP contribution in [0.1, 0.15) is 6.92 Å². The smallest absolute Gasteiger partial charge is 0.229 e. The van der Waals surface area contributed by atoms with Gasteiger partial charge < -0.3 is 15.7 Å². The van der Waals surface area contributed by atoms with Crippen molar-refractivity contribution >= 4 is 27.5 Å². The van der Waals surface area contributed by atoms with Gasteiger partial charge in [-0.15, -0.1) is 0 Å². The van der Waals surface area contributed by atoms with Gasteiger partial charge in [0.1, 0.15) is 0 Å². The van der Waals surface area contributed by atoms with E-state index in [2.05, 4.69) is 26.6 Å². The topological polar surface area (TPSA) is 61.4 Å². The van der Waals surface area contributed by atoms with E-state index in [1.165, 1.54) is 0 Å². The number of amides is 1. The second-order valence-corrected chi connectivity index (χ2v) is 5.22. The third-order valence-electron chi connectivity index (χ3n) is 3.10. The first-order valence-electron chi connectivity index (χ1n) is 5.58. The van der Waals surface area contributed by atoms with Gasteiger partial charge in [0.25, 0.3) is 0 Å². The Balaban J connectivity index is 2.10. The Morgan fingerprint density at radius 1 is 1.53 bits per heavy atom. The number of aromatic hydroxyl groups is 1. The molecular formula is C12H15BrN2O2. The number of phenolic OH excluding ortho intramolecular Hbond substituents is 1. The van der Waals surface area contributed by atoms with Crippen LogP contribution < -0.4 is 10.6 Å². The molecule has 1 aromatic rings. The number of para-hydroxylation sites is 1. The van der Waals surface area contributed by atoms with Crippen molar-refractivity contribution < 1.29 is 9.90 Å². The van der Waals surface area contributed by atoms with Crippen molar-refractivity contribution in [1.82, 2.24) is 5.32 Å². The van der Waals surface area contributed by atoms with E-state index in [9.17, 15) is 9.90 Å². The Kier molecular flexibility index (Phi) is 3.69. The van der Waals surface area contributed by atoms with Crippen LogP contribution in [0.15, 0.2) is 22.7 Å². The molecule has 1 aliphatic heterocycles. The first kappa shape index (κ1) is 12.4. The number of anilines is 1. The lowest BCUT2D eigenvalue weighted by Gasteiger charge is -2.15. The molecule has 0 radical (unpaired) electrons. The summed E-state index contributed by atoms with van der Waals surface area (Å²) in [7, 11) is 0. The third kappa shape index (κ3) is 2.61. The van der Waals surface area contributed by atoms with Crippen molar-refractivity contribution in [1.29, 1.82) is 0 Å². The maximum Gasteiger partial charge on any atom is 0.229 e. The van der Waals surface area contributed by atoms with Crippen LogP contribution in [0.3, 0.4) is 0 Å². The molecule has 0 saturated carbocycles. The second-order valence-electron chi connectivity index (χ2n) is 4.37. The fraction of sp³-hybridized carbons (Fsp3) is 0.417. The fourth-order valence-electron chi connectivity index (χ4n) is 2.00. The number of carbonyl (C=O) groups is 1. The standard InChI is InChI=1S/C12H15BrN2O2/c1-7-5-14-6-8(7)12(17)15-10-4-2-3-9(13)11(10)16/h2-4,7-8,14,16H,5-6H2,1H3,(H,15,17). The summed E-state index contributed by atoms with van der Waals surface area (Å²) >= 11 is 3.22. The highest BCUT2D eigenvalue weighted by Crippen LogP contribution is 2.32. The Labute approximate surface area is 109 Å². The van der Waals surface area contributed by atoms with Gasteiger partial charge in [0, 0.05) is 6.54 Å². The lowest BCUT2D eigenvalue weighted by Crippen LogP contribution is -2.27. The number of halogens is 1. The van der Waals surface area contributed by atoms with E-state index in [0.717, 1.165) is 6.54 Å². The zero-order valence-electron chi connectivity index (χ0n) is 9.53. The summed E-state index contributed by atoms with van der Waals surface area (Å²) in [5.74, 6) is 0.313. The molecule has 2 atom stereocenters. The van der Waals surface area contributed by atoms with Crippen LogP contribution in [0.25, 0.3) is 0 Å². The molecule has 92 valence electrons. The molecule has 0 bridgehead atoms. The van der Waals surface area contributed by atoms with Gasteiger partial charge in [-0.1, -0.05) is 13.0 Å². The van der Waals surface area contributed by atoms with E-state index in [-0.39, 0.29) is 17.6 Å². The highest BCUT2D eigenvalue weighted by atomic mass is 79.9. The van der Waals surface area contributed by atoms with E-state index < -0.39 is 0 Å². The molecule has 0 aromatic heterocycles. The van der Waals surface area contributed by atoms with Crippen LogP contribution in [0.4, 0.5) is 5.69 Å². The normalized spacial score (nSPS) is 23.6. The second kappa shape index (κ2) is 5.06. The summed E-state index contributed by atoms with van der Waals surface area (Å²) in [5, 5.41) is 15.7. The van der Waals surface area contributed by atoms with Gasteiger partial charge in [0.2, 0.25) is 5.91 Å². The Hall–Kier alpha value is -1.07. The molecule has 0 aliphatic carbocycles. The van der Waals surface area contributed by atoms with Gasteiger partial charge >= 0.3 is 0 Å². The average molecular weight is 299 g/mol. The minimum Gasteiger partial charge on any atom is -0.505 e. The molecule has 1 aromatic carbocycles. The molecule has 1 saturated heterocycles. The van der Waals surface area contributed by atoms with Gasteiger partial charge in [-0.05, 0) is 40.5 Å². The number of phenols is 1. The van der Waals surface area contributed by atoms with Crippen molar-refractivity contribution in [2.45, 2.75) is 6.92 Å². The summed E-state index contributed by atoms with van der Waals surface area (Å²) in [6.07, 6.45) is 0. The largest absolute Gasteiger partial charge is 0.505 e. The number of hydrogen-bond acceptors (Lipinski definition) is 3. The van der Waals surface area contributed by atoms with Gasteiger partial charge in [-0.25, -0.2) is 0 Å². The predicted molar refractivity (Wildman–Crippen MR) is 70.0 cm³/mol. The van der Waals surface area contributed by atoms with Gasteiger partial charge in [-0.3, -0.25) is 4.79 Å². The Morgan fingerprint density at radius 3 is 2.94 bits per heavy atom. The fourth-order valence-corrected chi connectivity index (χ4v) is 2.37. The number of nitrogens with one attached hydrogen (secondary N) is 2. The van der Waals surface area contributed by atoms with Crippen LogP contribution >= 0.6 is 15.9 Å². The molecule has 4 nitrogen and oxygen atoms in total. The predicted octanol–water partition coefficient (Wildman–Crippen LogP) is 1.95. The van der Waals surface area contributed by atoms with Crippen molar-refractivity contribution in [3.05, 3.63) is 22.7 Å². The van der Waals surface area contributed by atoms with Gasteiger partial charge in [0.05, 0.1) is 16.1 Å². The molecule has 1 aliphatic rings. The number of hydrogen-bond donors (Lipinski definition) is 3. The molecule has 1 amide bonds. The van der Waals surface area contributed by atoms with Crippen molar-refractivity contribution in [3.8, 4) is 5.75 Å². The molecule has 1 fully saturated rings. The van der Waals surface area contributed by atoms with Crippen LogP contribution in [0.5, 0.6) is 5.75 Å². The minimum absolute atomic E-state index is 0.0339. The maximum atomic E-state index is 12.0. The molecular weight excluding hydrogens is 284 g/mol. The number of benzene rings is 1. The van der Waals surface area contributed by atoms with E-state index in [0.29, 0.717) is 22.6 Å². The molecule has 0 spiro atoms. The minimum atomic E-state index is -0.0455. The van der Waals surface area contributed by atoms with E-state index in [1.807, 2.05) is 6.92 Å². The summed E-state index contributed by atoms with van der Waals surface area (Å²) in [6.45, 7) is 3.61. The lowest BCUT2D eigenvalue weighted by molar-refractivity contribution is -0.120. The number of rotatable bonds is 2. The first-order chi connectivity index (χ1) is 8.09. The van der Waals surface area contributed by atoms with E-state index in [1.54, 1.807) is 18.2 Å². The molecule has 5 heteroatoms. The molecule has 3 N–H and O–H groups in total. The average Bonchev–Trinajstić information content (AvgIpc) is 2.71. The monoisotopic (exact) mass is 298 g/mol. The zero-order valence-corrected chi connectivity index (χ0v) is 11.1. The summed E-state index contributed by atoms with van der Waals surface area (Å²) in [6, 6.07) is 5.19. The zero-order chi connectivity index (χ0) is 12.4. The van der Waals surface area contributed by atoms with E-state index >= 15 is 0 Å².